The molecular weight excluding hydrogens is 218 g/mol. The lowest BCUT2D eigenvalue weighted by Crippen LogP contribution is -1.95. The van der Waals surface area contributed by atoms with Crippen molar-refractivity contribution in [3.8, 4) is 11.3 Å². The first-order valence-corrected chi connectivity index (χ1v) is 6.17. The number of nitrogen functional groups attached to an aromatic ring is 1. The number of anilines is 1. The zero-order chi connectivity index (χ0) is 11.5. The van der Waals surface area contributed by atoms with Crippen LogP contribution in [0.15, 0.2) is 35.5 Å². The minimum absolute atomic E-state index is 0.743. The van der Waals surface area contributed by atoms with E-state index in [1.54, 1.807) is 0 Å². The quantitative estimate of drug-likeness (QED) is 0.490. The number of rotatable bonds is 2. The number of nitrogens with two attached hydrogens (primary N) is 1. The Morgan fingerprint density at radius 1 is 1.19 bits per heavy atom. The van der Waals surface area contributed by atoms with Crippen LogP contribution in [0, 0.1) is 6.92 Å². The third kappa shape index (κ3) is 2.17. The fourth-order valence-corrected chi connectivity index (χ4v) is 1.93. The first-order valence-electron chi connectivity index (χ1n) is 4.95. The summed E-state index contributed by atoms with van der Waals surface area (Å²) in [5.74, 6) is 0. The highest BCUT2D eigenvalue weighted by molar-refractivity contribution is 7.98. The van der Waals surface area contributed by atoms with E-state index in [1.807, 2.05) is 43.5 Å². The summed E-state index contributed by atoms with van der Waals surface area (Å²) in [7, 11) is 0. The molecule has 0 spiro atoms. The van der Waals surface area contributed by atoms with Crippen LogP contribution in [0.25, 0.3) is 11.3 Å². The van der Waals surface area contributed by atoms with Gasteiger partial charge in [0.2, 0.25) is 0 Å². The summed E-state index contributed by atoms with van der Waals surface area (Å²) >= 11 is 1.53. The molecule has 82 valence electrons. The molecule has 0 saturated heterocycles. The number of hydrogen-bond donors (Lipinski definition) is 1. The largest absolute Gasteiger partial charge is 0.398 e. The van der Waals surface area contributed by atoms with Gasteiger partial charge in [-0.15, -0.1) is 0 Å². The second-order valence-corrected chi connectivity index (χ2v) is 4.24. The van der Waals surface area contributed by atoms with Gasteiger partial charge in [0.25, 0.3) is 0 Å². The van der Waals surface area contributed by atoms with E-state index in [-0.39, 0.29) is 0 Å². The predicted octanol–water partition coefficient (Wildman–Crippen LogP) is 2.76. The van der Waals surface area contributed by atoms with Gasteiger partial charge >= 0.3 is 0 Å². The van der Waals surface area contributed by atoms with Crippen LogP contribution in [-0.2, 0) is 0 Å². The Labute approximate surface area is 99.1 Å². The van der Waals surface area contributed by atoms with E-state index in [4.69, 9.17) is 5.73 Å². The van der Waals surface area contributed by atoms with E-state index in [1.165, 1.54) is 11.8 Å². The van der Waals surface area contributed by atoms with Crippen molar-refractivity contribution in [2.75, 3.05) is 12.0 Å². The molecule has 0 atom stereocenters. The van der Waals surface area contributed by atoms with E-state index in [9.17, 15) is 0 Å². The highest BCUT2D eigenvalue weighted by Crippen LogP contribution is 2.25. The summed E-state index contributed by atoms with van der Waals surface area (Å²) < 4.78 is 0. The van der Waals surface area contributed by atoms with E-state index < -0.39 is 0 Å². The average Bonchev–Trinajstić information content (AvgIpc) is 2.28. The van der Waals surface area contributed by atoms with Gasteiger partial charge in [-0.3, -0.25) is 0 Å². The number of aryl methyl sites for hydroxylation is 1. The fraction of sp³-hybridized carbons (Fsp3) is 0.167. The normalized spacial score (nSPS) is 10.4. The number of nitrogens with zero attached hydrogens (tertiary/aromatic N) is 2. The van der Waals surface area contributed by atoms with Crippen LogP contribution in [0.5, 0.6) is 0 Å². The topological polar surface area (TPSA) is 51.8 Å². The molecular formula is C12H13N3S. The first-order chi connectivity index (χ1) is 7.70. The molecule has 0 saturated carbocycles. The molecule has 4 heteroatoms. The zero-order valence-corrected chi connectivity index (χ0v) is 10.1. The standard InChI is InChI=1S/C12H13N3S/c1-8-7-11(15-12(14-8)16-2)9-5-3-4-6-10(9)13/h3-7H,13H2,1-2H3. The second kappa shape index (κ2) is 4.53. The molecule has 0 radical (unpaired) electrons. The molecule has 16 heavy (non-hydrogen) atoms. The van der Waals surface area contributed by atoms with Crippen molar-refractivity contribution >= 4 is 17.4 Å². The van der Waals surface area contributed by atoms with Crippen molar-refractivity contribution in [1.82, 2.24) is 9.97 Å². The van der Waals surface area contributed by atoms with Crippen molar-refractivity contribution in [3.63, 3.8) is 0 Å². The van der Waals surface area contributed by atoms with Gasteiger partial charge in [-0.2, -0.15) is 0 Å². The van der Waals surface area contributed by atoms with Crippen LogP contribution in [0.4, 0.5) is 5.69 Å². The molecule has 0 aliphatic heterocycles. The van der Waals surface area contributed by atoms with Gasteiger partial charge in [0, 0.05) is 16.9 Å². The van der Waals surface area contributed by atoms with Crippen LogP contribution < -0.4 is 5.73 Å². The lowest BCUT2D eigenvalue weighted by Gasteiger charge is -2.06. The lowest BCUT2D eigenvalue weighted by atomic mass is 10.1. The lowest BCUT2D eigenvalue weighted by molar-refractivity contribution is 0.941. The van der Waals surface area contributed by atoms with Gasteiger partial charge < -0.3 is 5.73 Å². The fourth-order valence-electron chi connectivity index (χ4n) is 1.50. The Hall–Kier alpha value is -1.55. The zero-order valence-electron chi connectivity index (χ0n) is 9.27. The summed E-state index contributed by atoms with van der Waals surface area (Å²) in [6.45, 7) is 1.96. The number of hydrogen-bond acceptors (Lipinski definition) is 4. The van der Waals surface area contributed by atoms with Gasteiger partial charge in [-0.05, 0) is 25.3 Å². The molecule has 1 aromatic heterocycles. The van der Waals surface area contributed by atoms with Crippen LogP contribution in [0.1, 0.15) is 5.69 Å². The molecule has 0 fully saturated rings. The minimum Gasteiger partial charge on any atom is -0.398 e. The smallest absolute Gasteiger partial charge is 0.188 e. The number of para-hydroxylation sites is 1. The van der Waals surface area contributed by atoms with E-state index in [0.29, 0.717) is 0 Å². The Morgan fingerprint density at radius 3 is 2.62 bits per heavy atom. The Bertz CT molecular complexity index is 511. The van der Waals surface area contributed by atoms with Gasteiger partial charge in [-0.25, -0.2) is 9.97 Å². The van der Waals surface area contributed by atoms with Crippen molar-refractivity contribution in [2.45, 2.75) is 12.1 Å². The van der Waals surface area contributed by atoms with Gasteiger partial charge in [0.15, 0.2) is 5.16 Å². The first kappa shape index (κ1) is 11.0. The molecule has 0 aliphatic carbocycles. The monoisotopic (exact) mass is 231 g/mol. The molecule has 2 rings (SSSR count). The minimum atomic E-state index is 0.743. The Balaban J connectivity index is 2.56. The Kier molecular flexibility index (Phi) is 3.10. The van der Waals surface area contributed by atoms with Crippen molar-refractivity contribution < 1.29 is 0 Å². The molecule has 2 aromatic rings. The maximum absolute atomic E-state index is 5.93. The van der Waals surface area contributed by atoms with E-state index in [0.717, 1.165) is 27.8 Å². The SMILES string of the molecule is CSc1nc(C)cc(-c2ccccc2N)n1. The van der Waals surface area contributed by atoms with E-state index >= 15 is 0 Å². The average molecular weight is 231 g/mol. The summed E-state index contributed by atoms with van der Waals surface area (Å²) in [6.07, 6.45) is 1.97. The number of aromatic nitrogens is 2. The third-order valence-corrected chi connectivity index (χ3v) is 2.80. The van der Waals surface area contributed by atoms with Gasteiger partial charge in [0.1, 0.15) is 0 Å². The van der Waals surface area contributed by atoms with E-state index in [2.05, 4.69) is 9.97 Å². The molecule has 0 unspecified atom stereocenters. The van der Waals surface area contributed by atoms with Gasteiger partial charge in [-0.1, -0.05) is 30.0 Å². The molecule has 0 amide bonds. The Morgan fingerprint density at radius 2 is 1.94 bits per heavy atom. The third-order valence-electron chi connectivity index (χ3n) is 2.25. The molecule has 0 bridgehead atoms. The highest BCUT2D eigenvalue weighted by Gasteiger charge is 2.06. The summed E-state index contributed by atoms with van der Waals surface area (Å²) in [4.78, 5) is 8.77. The predicted molar refractivity (Wildman–Crippen MR) is 68.4 cm³/mol. The molecule has 1 heterocycles. The molecule has 0 aliphatic rings. The maximum Gasteiger partial charge on any atom is 0.188 e. The summed E-state index contributed by atoms with van der Waals surface area (Å²) in [5, 5.41) is 0.776. The molecule has 2 N–H and O–H groups in total. The summed E-state index contributed by atoms with van der Waals surface area (Å²) in [6, 6.07) is 9.68. The summed E-state index contributed by atoms with van der Waals surface area (Å²) in [5.41, 5.74) is 9.47. The number of thioether (sulfide) groups is 1. The second-order valence-electron chi connectivity index (χ2n) is 3.47. The van der Waals surface area contributed by atoms with Crippen molar-refractivity contribution in [2.24, 2.45) is 0 Å². The highest BCUT2D eigenvalue weighted by atomic mass is 32.2. The molecule has 1 aromatic carbocycles. The maximum atomic E-state index is 5.93. The van der Waals surface area contributed by atoms with Crippen LogP contribution in [0.2, 0.25) is 0 Å². The van der Waals surface area contributed by atoms with Crippen molar-refractivity contribution in [3.05, 3.63) is 36.0 Å². The van der Waals surface area contributed by atoms with Crippen LogP contribution >= 0.6 is 11.8 Å². The molecule has 3 nitrogen and oxygen atoms in total. The van der Waals surface area contributed by atoms with Crippen LogP contribution in [0.3, 0.4) is 0 Å². The van der Waals surface area contributed by atoms with Gasteiger partial charge in [0.05, 0.1) is 5.69 Å². The number of benzene rings is 1. The van der Waals surface area contributed by atoms with Crippen molar-refractivity contribution in [1.29, 1.82) is 0 Å². The van der Waals surface area contributed by atoms with Crippen LogP contribution in [-0.4, -0.2) is 16.2 Å².